The van der Waals surface area contributed by atoms with Crippen LogP contribution in [0.2, 0.25) is 5.02 Å². The van der Waals surface area contributed by atoms with E-state index in [1.807, 2.05) is 0 Å². The van der Waals surface area contributed by atoms with Crippen LogP contribution in [0.4, 0.5) is 10.5 Å². The number of nitrogens with one attached hydrogen (secondary N) is 2. The monoisotopic (exact) mass is 305 g/mol. The fraction of sp³-hybridized carbons (Fsp3) is 0.438. The van der Waals surface area contributed by atoms with Crippen molar-refractivity contribution >= 4 is 23.3 Å². The van der Waals surface area contributed by atoms with Crippen LogP contribution in [0.1, 0.15) is 37.7 Å². The molecular weight excluding hydrogens is 286 g/mol. The van der Waals surface area contributed by atoms with Crippen molar-refractivity contribution in [3.05, 3.63) is 28.8 Å². The van der Waals surface area contributed by atoms with Gasteiger partial charge < -0.3 is 16.4 Å². The molecule has 0 atom stereocenters. The third-order valence-corrected chi connectivity index (χ3v) is 3.73. The highest BCUT2D eigenvalue weighted by Crippen LogP contribution is 2.21. The van der Waals surface area contributed by atoms with Crippen molar-refractivity contribution in [3.63, 3.8) is 0 Å². The van der Waals surface area contributed by atoms with Crippen LogP contribution >= 0.6 is 11.6 Å². The quantitative estimate of drug-likeness (QED) is 0.735. The van der Waals surface area contributed by atoms with Crippen LogP contribution in [0.5, 0.6) is 0 Å². The SMILES string of the molecule is NCC#Cc1ccc(Cl)cc1NC(=O)NC1CCCCC1. The maximum atomic E-state index is 12.1. The summed E-state index contributed by atoms with van der Waals surface area (Å²) in [7, 11) is 0. The molecule has 2 amide bonds. The van der Waals surface area contributed by atoms with Crippen molar-refractivity contribution < 1.29 is 4.79 Å². The highest BCUT2D eigenvalue weighted by atomic mass is 35.5. The van der Waals surface area contributed by atoms with Gasteiger partial charge in [0.2, 0.25) is 0 Å². The van der Waals surface area contributed by atoms with Gasteiger partial charge in [-0.15, -0.1) is 0 Å². The van der Waals surface area contributed by atoms with E-state index in [-0.39, 0.29) is 18.6 Å². The van der Waals surface area contributed by atoms with Crippen LogP contribution in [0.25, 0.3) is 0 Å². The summed E-state index contributed by atoms with van der Waals surface area (Å²) in [4.78, 5) is 12.1. The van der Waals surface area contributed by atoms with E-state index in [0.717, 1.165) is 12.8 Å². The maximum absolute atomic E-state index is 12.1. The van der Waals surface area contributed by atoms with E-state index in [1.54, 1.807) is 18.2 Å². The van der Waals surface area contributed by atoms with Crippen molar-refractivity contribution in [2.75, 3.05) is 11.9 Å². The Labute approximate surface area is 130 Å². The first kappa shape index (κ1) is 15.7. The zero-order chi connectivity index (χ0) is 15.1. The predicted molar refractivity (Wildman–Crippen MR) is 86.4 cm³/mol. The lowest BCUT2D eigenvalue weighted by atomic mass is 9.96. The number of hydrogen-bond acceptors (Lipinski definition) is 2. The second kappa shape index (κ2) is 7.92. The van der Waals surface area contributed by atoms with Crippen LogP contribution < -0.4 is 16.4 Å². The number of amides is 2. The first-order chi connectivity index (χ1) is 10.2. The van der Waals surface area contributed by atoms with Crippen molar-refractivity contribution in [2.45, 2.75) is 38.1 Å². The number of anilines is 1. The van der Waals surface area contributed by atoms with Crippen LogP contribution in [0.15, 0.2) is 18.2 Å². The van der Waals surface area contributed by atoms with Crippen LogP contribution in [-0.2, 0) is 0 Å². The van der Waals surface area contributed by atoms with Crippen LogP contribution in [0, 0.1) is 11.8 Å². The summed E-state index contributed by atoms with van der Waals surface area (Å²) >= 11 is 5.98. The number of urea groups is 1. The maximum Gasteiger partial charge on any atom is 0.319 e. The molecular formula is C16H20ClN3O. The molecule has 1 aliphatic rings. The summed E-state index contributed by atoms with van der Waals surface area (Å²) in [5.74, 6) is 5.72. The molecule has 0 heterocycles. The number of benzene rings is 1. The smallest absolute Gasteiger partial charge is 0.319 e. The van der Waals surface area contributed by atoms with Crippen molar-refractivity contribution in [3.8, 4) is 11.8 Å². The van der Waals surface area contributed by atoms with Crippen molar-refractivity contribution in [1.82, 2.24) is 5.32 Å². The Morgan fingerprint density at radius 1 is 1.33 bits per heavy atom. The van der Waals surface area contributed by atoms with Crippen molar-refractivity contribution in [2.24, 2.45) is 5.73 Å². The third-order valence-electron chi connectivity index (χ3n) is 3.50. The fourth-order valence-corrected chi connectivity index (χ4v) is 2.64. The predicted octanol–water partition coefficient (Wildman–Crippen LogP) is 3.10. The Bertz CT molecular complexity index is 556. The molecule has 1 aromatic carbocycles. The lowest BCUT2D eigenvalue weighted by Gasteiger charge is -2.23. The van der Waals surface area contributed by atoms with E-state index in [2.05, 4.69) is 22.5 Å². The standard InChI is InChI=1S/C16H20ClN3O/c17-13-9-8-12(5-4-10-18)15(11-13)20-16(21)19-14-6-2-1-3-7-14/h8-9,11,14H,1-3,6-7,10,18H2,(H2,19,20,21). The van der Waals surface area contributed by atoms with Gasteiger partial charge in [0.1, 0.15) is 0 Å². The minimum atomic E-state index is -0.208. The average molecular weight is 306 g/mol. The van der Waals surface area contributed by atoms with Gasteiger partial charge in [-0.3, -0.25) is 0 Å². The van der Waals surface area contributed by atoms with Gasteiger partial charge in [-0.25, -0.2) is 4.79 Å². The summed E-state index contributed by atoms with van der Waals surface area (Å²) in [5, 5.41) is 6.39. The van der Waals surface area contributed by atoms with Gasteiger partial charge in [-0.1, -0.05) is 42.7 Å². The third kappa shape index (κ3) is 4.96. The van der Waals surface area contributed by atoms with Gasteiger partial charge in [0.25, 0.3) is 0 Å². The van der Waals surface area contributed by atoms with E-state index in [9.17, 15) is 4.79 Å². The molecule has 1 saturated carbocycles. The molecule has 4 N–H and O–H groups in total. The van der Waals surface area contributed by atoms with Crippen LogP contribution in [-0.4, -0.2) is 18.6 Å². The Hall–Kier alpha value is -1.70. The first-order valence-corrected chi connectivity index (χ1v) is 7.63. The minimum Gasteiger partial charge on any atom is -0.335 e. The molecule has 1 aliphatic carbocycles. The molecule has 0 aliphatic heterocycles. The number of carbonyl (C=O) groups excluding carboxylic acids is 1. The first-order valence-electron chi connectivity index (χ1n) is 7.25. The second-order valence-corrected chi connectivity index (χ2v) is 5.57. The Morgan fingerprint density at radius 3 is 2.81 bits per heavy atom. The molecule has 0 aromatic heterocycles. The molecule has 2 rings (SSSR count). The van der Waals surface area contributed by atoms with Gasteiger partial charge in [-0.05, 0) is 31.0 Å². The molecule has 112 valence electrons. The Morgan fingerprint density at radius 2 is 2.10 bits per heavy atom. The summed E-state index contributed by atoms with van der Waals surface area (Å²) < 4.78 is 0. The molecule has 0 spiro atoms. The number of rotatable bonds is 2. The largest absolute Gasteiger partial charge is 0.335 e. The molecule has 21 heavy (non-hydrogen) atoms. The molecule has 4 nitrogen and oxygen atoms in total. The summed E-state index contributed by atoms with van der Waals surface area (Å²) in [5.41, 5.74) is 6.70. The lowest BCUT2D eigenvalue weighted by molar-refractivity contribution is 0.244. The molecule has 0 bridgehead atoms. The topological polar surface area (TPSA) is 67.1 Å². The van der Waals surface area contributed by atoms with Gasteiger partial charge in [0, 0.05) is 16.6 Å². The molecule has 1 aromatic rings. The van der Waals surface area contributed by atoms with Crippen LogP contribution in [0.3, 0.4) is 0 Å². The average Bonchev–Trinajstić information content (AvgIpc) is 2.47. The molecule has 0 radical (unpaired) electrons. The Kier molecular flexibility index (Phi) is 5.91. The number of halogens is 1. The fourth-order valence-electron chi connectivity index (χ4n) is 2.47. The highest BCUT2D eigenvalue weighted by molar-refractivity contribution is 6.31. The van der Waals surface area contributed by atoms with Gasteiger partial charge in [0.05, 0.1) is 12.2 Å². The second-order valence-electron chi connectivity index (χ2n) is 5.13. The Balaban J connectivity index is 2.03. The van der Waals surface area contributed by atoms with E-state index >= 15 is 0 Å². The van der Waals surface area contributed by atoms with E-state index < -0.39 is 0 Å². The number of carbonyl (C=O) groups is 1. The number of nitrogens with two attached hydrogens (primary N) is 1. The van der Waals surface area contributed by atoms with Gasteiger partial charge in [0.15, 0.2) is 0 Å². The molecule has 5 heteroatoms. The van der Waals surface area contributed by atoms with Crippen molar-refractivity contribution in [1.29, 1.82) is 0 Å². The molecule has 0 saturated heterocycles. The lowest BCUT2D eigenvalue weighted by Crippen LogP contribution is -2.39. The minimum absolute atomic E-state index is 0.208. The normalized spacial score (nSPS) is 15.0. The summed E-state index contributed by atoms with van der Waals surface area (Å²) in [6.45, 7) is 0.274. The van der Waals surface area contributed by atoms with Gasteiger partial charge >= 0.3 is 6.03 Å². The summed E-state index contributed by atoms with van der Waals surface area (Å²) in [6.07, 6.45) is 5.70. The molecule has 1 fully saturated rings. The zero-order valence-electron chi connectivity index (χ0n) is 11.9. The van der Waals surface area contributed by atoms with E-state index in [1.165, 1.54) is 19.3 Å². The zero-order valence-corrected chi connectivity index (χ0v) is 12.7. The highest BCUT2D eigenvalue weighted by Gasteiger charge is 2.16. The summed E-state index contributed by atoms with van der Waals surface area (Å²) in [6, 6.07) is 5.27. The van der Waals surface area contributed by atoms with E-state index in [4.69, 9.17) is 17.3 Å². The van der Waals surface area contributed by atoms with Gasteiger partial charge in [-0.2, -0.15) is 0 Å². The molecule has 0 unspecified atom stereocenters. The van der Waals surface area contributed by atoms with E-state index in [0.29, 0.717) is 16.3 Å². The number of hydrogen-bond donors (Lipinski definition) is 3.